The van der Waals surface area contributed by atoms with Gasteiger partial charge in [0.1, 0.15) is 0 Å². The zero-order chi connectivity index (χ0) is 16.9. The molecular formula is C19H26N4O. The number of piperidine rings is 1. The lowest BCUT2D eigenvalue weighted by Gasteiger charge is -2.40. The number of rotatable bonds is 3. The third-order valence-electron chi connectivity index (χ3n) is 5.31. The van der Waals surface area contributed by atoms with Crippen LogP contribution in [0.2, 0.25) is 0 Å². The van der Waals surface area contributed by atoms with Gasteiger partial charge in [-0.05, 0) is 50.7 Å². The Morgan fingerprint density at radius 3 is 2.46 bits per heavy atom. The first-order valence-corrected chi connectivity index (χ1v) is 8.89. The zero-order valence-corrected chi connectivity index (χ0v) is 14.4. The van der Waals surface area contributed by atoms with Crippen molar-refractivity contribution in [3.63, 3.8) is 0 Å². The van der Waals surface area contributed by atoms with Crippen molar-refractivity contribution in [1.29, 1.82) is 5.26 Å². The van der Waals surface area contributed by atoms with Gasteiger partial charge in [0.25, 0.3) is 5.91 Å². The Bertz CT molecular complexity index is 599. The summed E-state index contributed by atoms with van der Waals surface area (Å²) in [6, 6.07) is 9.68. The predicted molar refractivity (Wildman–Crippen MR) is 93.8 cm³/mol. The molecule has 1 amide bonds. The molecule has 2 aliphatic rings. The van der Waals surface area contributed by atoms with Crippen LogP contribution in [0.3, 0.4) is 0 Å². The van der Waals surface area contributed by atoms with Gasteiger partial charge in [-0.2, -0.15) is 5.26 Å². The van der Waals surface area contributed by atoms with Crippen molar-refractivity contribution in [3.8, 4) is 6.07 Å². The second-order valence-electron chi connectivity index (χ2n) is 6.91. The summed E-state index contributed by atoms with van der Waals surface area (Å²) in [5, 5.41) is 8.84. The number of likely N-dealkylation sites (N-methyl/N-ethyl adjacent to an activating group) is 1. The molecule has 128 valence electrons. The fraction of sp³-hybridized carbons (Fsp3) is 0.579. The molecule has 5 heteroatoms. The van der Waals surface area contributed by atoms with Crippen LogP contribution in [0.1, 0.15) is 35.2 Å². The van der Waals surface area contributed by atoms with Crippen molar-refractivity contribution in [2.24, 2.45) is 0 Å². The molecule has 0 unspecified atom stereocenters. The van der Waals surface area contributed by atoms with Gasteiger partial charge in [0.15, 0.2) is 0 Å². The summed E-state index contributed by atoms with van der Waals surface area (Å²) in [7, 11) is 2.23. The van der Waals surface area contributed by atoms with E-state index in [1.54, 1.807) is 24.3 Å². The molecular weight excluding hydrogens is 300 g/mol. The van der Waals surface area contributed by atoms with Crippen LogP contribution in [0.4, 0.5) is 0 Å². The molecule has 0 bridgehead atoms. The van der Waals surface area contributed by atoms with Crippen LogP contribution in [0.5, 0.6) is 0 Å². The minimum absolute atomic E-state index is 0.0777. The fourth-order valence-corrected chi connectivity index (χ4v) is 3.68. The molecule has 2 fully saturated rings. The first-order chi connectivity index (χ1) is 11.7. The van der Waals surface area contributed by atoms with Crippen molar-refractivity contribution in [1.82, 2.24) is 14.7 Å². The third kappa shape index (κ3) is 3.95. The van der Waals surface area contributed by atoms with E-state index in [-0.39, 0.29) is 5.91 Å². The Labute approximate surface area is 144 Å². The number of benzene rings is 1. The van der Waals surface area contributed by atoms with Crippen LogP contribution in [0, 0.1) is 11.3 Å². The monoisotopic (exact) mass is 326 g/mol. The van der Waals surface area contributed by atoms with Crippen LogP contribution >= 0.6 is 0 Å². The van der Waals surface area contributed by atoms with Gasteiger partial charge in [0.05, 0.1) is 11.6 Å². The van der Waals surface area contributed by atoms with E-state index in [1.807, 2.05) is 4.90 Å². The number of carbonyl (C=O) groups is 1. The first kappa shape index (κ1) is 16.9. The molecule has 0 aliphatic carbocycles. The minimum Gasteiger partial charge on any atom is -0.336 e. The van der Waals surface area contributed by atoms with Gasteiger partial charge in [0.2, 0.25) is 0 Å². The quantitative estimate of drug-likeness (QED) is 0.850. The summed E-state index contributed by atoms with van der Waals surface area (Å²) < 4.78 is 0. The van der Waals surface area contributed by atoms with E-state index in [0.717, 1.165) is 32.7 Å². The number of nitriles is 1. The van der Waals surface area contributed by atoms with E-state index in [0.29, 0.717) is 17.2 Å². The van der Waals surface area contributed by atoms with Crippen LogP contribution in [-0.2, 0) is 0 Å². The SMILES string of the molecule is CN1CCCC[C@H]1CN1CCN(C(=O)c2ccc(C#N)cc2)CC1. The highest BCUT2D eigenvalue weighted by Crippen LogP contribution is 2.17. The molecule has 2 aliphatic heterocycles. The third-order valence-corrected chi connectivity index (χ3v) is 5.31. The molecule has 1 aromatic carbocycles. The van der Waals surface area contributed by atoms with E-state index in [9.17, 15) is 4.79 Å². The maximum atomic E-state index is 12.6. The lowest BCUT2D eigenvalue weighted by Crippen LogP contribution is -2.53. The predicted octanol–water partition coefficient (Wildman–Crippen LogP) is 1.80. The highest BCUT2D eigenvalue weighted by Gasteiger charge is 2.26. The van der Waals surface area contributed by atoms with E-state index in [1.165, 1.54) is 25.8 Å². The van der Waals surface area contributed by atoms with E-state index in [2.05, 4.69) is 22.9 Å². The highest BCUT2D eigenvalue weighted by molar-refractivity contribution is 5.94. The average molecular weight is 326 g/mol. The number of carbonyl (C=O) groups excluding carboxylic acids is 1. The molecule has 2 heterocycles. The molecule has 5 nitrogen and oxygen atoms in total. The van der Waals surface area contributed by atoms with E-state index < -0.39 is 0 Å². The summed E-state index contributed by atoms with van der Waals surface area (Å²) in [6.45, 7) is 5.81. The molecule has 0 spiro atoms. The molecule has 1 aromatic rings. The van der Waals surface area contributed by atoms with Crippen LogP contribution < -0.4 is 0 Å². The van der Waals surface area contributed by atoms with Gasteiger partial charge in [-0.3, -0.25) is 9.69 Å². The van der Waals surface area contributed by atoms with Gasteiger partial charge < -0.3 is 9.80 Å². The lowest BCUT2D eigenvalue weighted by molar-refractivity contribution is 0.0565. The van der Waals surface area contributed by atoms with E-state index >= 15 is 0 Å². The first-order valence-electron chi connectivity index (χ1n) is 8.89. The van der Waals surface area contributed by atoms with Gasteiger partial charge in [0, 0.05) is 44.3 Å². The molecule has 3 rings (SSSR count). The minimum atomic E-state index is 0.0777. The number of amides is 1. The van der Waals surface area contributed by atoms with Crippen molar-refractivity contribution in [2.75, 3.05) is 46.3 Å². The molecule has 2 saturated heterocycles. The summed E-state index contributed by atoms with van der Waals surface area (Å²) in [4.78, 5) is 19.5. The standard InChI is InChI=1S/C19H26N4O/c1-21-9-3-2-4-18(21)15-22-10-12-23(13-11-22)19(24)17-7-5-16(14-20)6-8-17/h5-8,18H,2-4,9-13,15H2,1H3/t18-/m0/s1. The normalized spacial score (nSPS) is 23.0. The number of hydrogen-bond donors (Lipinski definition) is 0. The Hall–Kier alpha value is -1.90. The molecule has 0 N–H and O–H groups in total. The Kier molecular flexibility index (Phi) is 5.49. The molecule has 0 aromatic heterocycles. The molecule has 0 radical (unpaired) electrons. The average Bonchev–Trinajstić information content (AvgIpc) is 2.64. The van der Waals surface area contributed by atoms with Crippen LogP contribution in [-0.4, -0.2) is 73.0 Å². The molecule has 24 heavy (non-hydrogen) atoms. The summed E-state index contributed by atoms with van der Waals surface area (Å²) in [6.07, 6.45) is 3.95. The summed E-state index contributed by atoms with van der Waals surface area (Å²) in [5.74, 6) is 0.0777. The maximum absolute atomic E-state index is 12.6. The Morgan fingerprint density at radius 1 is 1.12 bits per heavy atom. The maximum Gasteiger partial charge on any atom is 0.253 e. The van der Waals surface area contributed by atoms with Crippen LogP contribution in [0.15, 0.2) is 24.3 Å². The molecule has 1 atom stereocenters. The smallest absolute Gasteiger partial charge is 0.253 e. The van der Waals surface area contributed by atoms with Crippen molar-refractivity contribution < 1.29 is 4.79 Å². The summed E-state index contributed by atoms with van der Waals surface area (Å²) >= 11 is 0. The van der Waals surface area contributed by atoms with E-state index in [4.69, 9.17) is 5.26 Å². The number of hydrogen-bond acceptors (Lipinski definition) is 4. The highest BCUT2D eigenvalue weighted by atomic mass is 16.2. The largest absolute Gasteiger partial charge is 0.336 e. The number of likely N-dealkylation sites (tertiary alicyclic amines) is 1. The molecule has 0 saturated carbocycles. The second kappa shape index (κ2) is 7.78. The van der Waals surface area contributed by atoms with Gasteiger partial charge in [-0.15, -0.1) is 0 Å². The van der Waals surface area contributed by atoms with Gasteiger partial charge in [-0.1, -0.05) is 6.42 Å². The van der Waals surface area contributed by atoms with Crippen molar-refractivity contribution >= 4 is 5.91 Å². The fourth-order valence-electron chi connectivity index (χ4n) is 3.68. The number of nitrogens with zero attached hydrogens (tertiary/aromatic N) is 4. The van der Waals surface area contributed by atoms with Gasteiger partial charge in [-0.25, -0.2) is 0 Å². The van der Waals surface area contributed by atoms with Crippen molar-refractivity contribution in [3.05, 3.63) is 35.4 Å². The van der Waals surface area contributed by atoms with Gasteiger partial charge >= 0.3 is 0 Å². The Balaban J connectivity index is 1.50. The zero-order valence-electron chi connectivity index (χ0n) is 14.4. The van der Waals surface area contributed by atoms with Crippen LogP contribution in [0.25, 0.3) is 0 Å². The summed E-state index contributed by atoms with van der Waals surface area (Å²) in [5.41, 5.74) is 1.27. The number of piperazine rings is 1. The Morgan fingerprint density at radius 2 is 1.83 bits per heavy atom. The van der Waals surface area contributed by atoms with Crippen molar-refractivity contribution in [2.45, 2.75) is 25.3 Å². The topological polar surface area (TPSA) is 50.6 Å². The second-order valence-corrected chi connectivity index (χ2v) is 6.91. The lowest BCUT2D eigenvalue weighted by atomic mass is 10.0.